The fourth-order valence-electron chi connectivity index (χ4n) is 2.20. The molecule has 0 saturated heterocycles. The molecule has 2 N–H and O–H groups in total. The second kappa shape index (κ2) is 6.50. The molecule has 0 unspecified atom stereocenters. The van der Waals surface area contributed by atoms with E-state index in [1.807, 2.05) is 20.8 Å². The molecule has 7 heteroatoms. The van der Waals surface area contributed by atoms with Gasteiger partial charge < -0.3 is 14.9 Å². The first kappa shape index (κ1) is 16.5. The minimum atomic E-state index is -3.42. The minimum absolute atomic E-state index is 0.224. The average molecular weight is 324 g/mol. The molecule has 0 aliphatic rings. The lowest BCUT2D eigenvalue weighted by Crippen LogP contribution is -2.11. The topological polar surface area (TPSA) is 92.4 Å². The number of hydrogen-bond acceptors (Lipinski definition) is 6. The van der Waals surface area contributed by atoms with Crippen molar-refractivity contribution in [2.45, 2.75) is 32.2 Å². The third-order valence-corrected chi connectivity index (χ3v) is 5.25. The smallest absolute Gasteiger partial charge is 0.180 e. The Morgan fingerprint density at radius 3 is 2.55 bits per heavy atom. The molecule has 0 fully saturated rings. The highest BCUT2D eigenvalue weighted by molar-refractivity contribution is 7.91. The lowest BCUT2D eigenvalue weighted by molar-refractivity contribution is 0.319. The van der Waals surface area contributed by atoms with Gasteiger partial charge in [0.15, 0.2) is 9.84 Å². The molecular weight excluding hydrogens is 304 g/mol. The summed E-state index contributed by atoms with van der Waals surface area (Å²) < 4.78 is 29.0. The number of aliphatic hydroxyl groups excluding tert-OH is 1. The summed E-state index contributed by atoms with van der Waals surface area (Å²) in [6.45, 7) is 5.76. The van der Waals surface area contributed by atoms with E-state index in [-0.39, 0.29) is 17.3 Å². The molecule has 0 radical (unpaired) electrons. The van der Waals surface area contributed by atoms with Crippen molar-refractivity contribution in [3.63, 3.8) is 0 Å². The Balaban J connectivity index is 2.17. The molecule has 0 aliphatic heterocycles. The molecule has 2 rings (SSSR count). The second-order valence-corrected chi connectivity index (χ2v) is 7.28. The van der Waals surface area contributed by atoms with Gasteiger partial charge in [0.25, 0.3) is 0 Å². The van der Waals surface area contributed by atoms with Crippen LogP contribution in [0.3, 0.4) is 0 Å². The Labute approximate surface area is 130 Å². The van der Waals surface area contributed by atoms with E-state index in [2.05, 4.69) is 10.5 Å². The quantitative estimate of drug-likeness (QED) is 0.844. The van der Waals surface area contributed by atoms with Crippen molar-refractivity contribution in [1.29, 1.82) is 0 Å². The number of sulfone groups is 1. The number of aromatic nitrogens is 1. The Morgan fingerprint density at radius 1 is 1.27 bits per heavy atom. The SMILES string of the molecule is Cc1cc(S(=O)(=O)CCO)ccc1NCc1c(C)noc1C. The lowest BCUT2D eigenvalue weighted by atomic mass is 10.1. The summed E-state index contributed by atoms with van der Waals surface area (Å²) in [5.74, 6) is 0.503. The predicted molar refractivity (Wildman–Crippen MR) is 83.6 cm³/mol. The molecule has 0 aliphatic carbocycles. The summed E-state index contributed by atoms with van der Waals surface area (Å²) in [7, 11) is -3.42. The van der Waals surface area contributed by atoms with Crippen molar-refractivity contribution in [3.05, 3.63) is 40.8 Å². The minimum Gasteiger partial charge on any atom is -0.395 e. The Hall–Kier alpha value is -1.86. The van der Waals surface area contributed by atoms with Crippen molar-refractivity contribution >= 4 is 15.5 Å². The number of hydrogen-bond donors (Lipinski definition) is 2. The van der Waals surface area contributed by atoms with E-state index < -0.39 is 9.84 Å². The van der Waals surface area contributed by atoms with Gasteiger partial charge in [-0.05, 0) is 44.5 Å². The van der Waals surface area contributed by atoms with Crippen LogP contribution in [0.5, 0.6) is 0 Å². The van der Waals surface area contributed by atoms with E-state index in [9.17, 15) is 8.42 Å². The fourth-order valence-corrected chi connectivity index (χ4v) is 3.31. The van der Waals surface area contributed by atoms with Gasteiger partial charge in [-0.15, -0.1) is 0 Å². The van der Waals surface area contributed by atoms with Gasteiger partial charge in [-0.2, -0.15) is 0 Å². The average Bonchev–Trinajstić information content (AvgIpc) is 2.77. The fraction of sp³-hybridized carbons (Fsp3) is 0.400. The Kier molecular flexibility index (Phi) is 4.87. The van der Waals surface area contributed by atoms with Gasteiger partial charge in [-0.3, -0.25) is 0 Å². The number of benzene rings is 1. The first-order valence-corrected chi connectivity index (χ1v) is 8.60. The first-order chi connectivity index (χ1) is 10.3. The Bertz CT molecular complexity index is 746. The molecule has 0 amide bonds. The highest BCUT2D eigenvalue weighted by atomic mass is 32.2. The van der Waals surface area contributed by atoms with E-state index in [0.29, 0.717) is 6.54 Å². The van der Waals surface area contributed by atoms with E-state index in [1.165, 1.54) is 0 Å². The van der Waals surface area contributed by atoms with Crippen LogP contribution < -0.4 is 5.32 Å². The highest BCUT2D eigenvalue weighted by Crippen LogP contribution is 2.22. The summed E-state index contributed by atoms with van der Waals surface area (Å²) >= 11 is 0. The molecule has 22 heavy (non-hydrogen) atoms. The normalized spacial score (nSPS) is 11.6. The van der Waals surface area contributed by atoms with Crippen LogP contribution in [-0.2, 0) is 16.4 Å². The van der Waals surface area contributed by atoms with Gasteiger partial charge in [0.2, 0.25) is 0 Å². The Morgan fingerprint density at radius 2 is 2.00 bits per heavy atom. The molecule has 0 spiro atoms. The lowest BCUT2D eigenvalue weighted by Gasteiger charge is -2.11. The van der Waals surface area contributed by atoms with Crippen LogP contribution in [0.1, 0.15) is 22.6 Å². The standard InChI is InChI=1S/C15H20N2O4S/c1-10-8-13(22(19,20)7-6-18)4-5-15(10)16-9-14-11(2)17-21-12(14)3/h4-5,8,16,18H,6-7,9H2,1-3H3. The van der Waals surface area contributed by atoms with Crippen molar-refractivity contribution in [3.8, 4) is 0 Å². The number of nitrogens with one attached hydrogen (secondary N) is 1. The summed E-state index contributed by atoms with van der Waals surface area (Å²) in [5, 5.41) is 16.0. The number of nitrogens with zero attached hydrogens (tertiary/aromatic N) is 1. The maximum Gasteiger partial charge on any atom is 0.180 e. The number of aryl methyl sites for hydroxylation is 3. The molecule has 2 aromatic rings. The van der Waals surface area contributed by atoms with Gasteiger partial charge in [-0.1, -0.05) is 5.16 Å². The van der Waals surface area contributed by atoms with Gasteiger partial charge >= 0.3 is 0 Å². The van der Waals surface area contributed by atoms with Crippen LogP contribution in [0.25, 0.3) is 0 Å². The van der Waals surface area contributed by atoms with Gasteiger partial charge in [0, 0.05) is 17.8 Å². The van der Waals surface area contributed by atoms with Crippen LogP contribution in [-0.4, -0.2) is 31.0 Å². The maximum absolute atomic E-state index is 11.9. The summed E-state index contributed by atoms with van der Waals surface area (Å²) in [6, 6.07) is 4.89. The zero-order chi connectivity index (χ0) is 16.3. The molecule has 0 bridgehead atoms. The molecule has 1 heterocycles. The van der Waals surface area contributed by atoms with E-state index in [0.717, 1.165) is 28.3 Å². The molecule has 6 nitrogen and oxygen atoms in total. The monoisotopic (exact) mass is 324 g/mol. The zero-order valence-corrected chi connectivity index (χ0v) is 13.7. The number of rotatable bonds is 6. The van der Waals surface area contributed by atoms with Crippen LogP contribution in [0, 0.1) is 20.8 Å². The second-order valence-electron chi connectivity index (χ2n) is 5.18. The van der Waals surface area contributed by atoms with Gasteiger partial charge in [0.05, 0.1) is 22.9 Å². The van der Waals surface area contributed by atoms with Crippen molar-refractivity contribution in [1.82, 2.24) is 5.16 Å². The summed E-state index contributed by atoms with van der Waals surface area (Å²) in [5.41, 5.74) is 3.51. The molecule has 0 atom stereocenters. The molecule has 1 aromatic heterocycles. The van der Waals surface area contributed by atoms with Gasteiger partial charge in [-0.25, -0.2) is 8.42 Å². The van der Waals surface area contributed by atoms with E-state index in [1.54, 1.807) is 18.2 Å². The number of anilines is 1. The third-order valence-electron chi connectivity index (χ3n) is 3.55. The molecular formula is C15H20N2O4S. The van der Waals surface area contributed by atoms with Crippen LogP contribution >= 0.6 is 0 Å². The molecule has 120 valence electrons. The van der Waals surface area contributed by atoms with Crippen LogP contribution in [0.15, 0.2) is 27.6 Å². The van der Waals surface area contributed by atoms with Crippen LogP contribution in [0.2, 0.25) is 0 Å². The third kappa shape index (κ3) is 3.48. The van der Waals surface area contributed by atoms with Crippen molar-refractivity contribution in [2.24, 2.45) is 0 Å². The van der Waals surface area contributed by atoms with E-state index >= 15 is 0 Å². The van der Waals surface area contributed by atoms with E-state index in [4.69, 9.17) is 9.63 Å². The molecule has 0 saturated carbocycles. The van der Waals surface area contributed by atoms with Gasteiger partial charge in [0.1, 0.15) is 5.76 Å². The maximum atomic E-state index is 11.9. The molecule has 1 aromatic carbocycles. The van der Waals surface area contributed by atoms with Crippen LogP contribution in [0.4, 0.5) is 5.69 Å². The zero-order valence-electron chi connectivity index (χ0n) is 12.9. The summed E-state index contributed by atoms with van der Waals surface area (Å²) in [6.07, 6.45) is 0. The number of aliphatic hydroxyl groups is 1. The highest BCUT2D eigenvalue weighted by Gasteiger charge is 2.15. The summed E-state index contributed by atoms with van der Waals surface area (Å²) in [4.78, 5) is 0.224. The largest absolute Gasteiger partial charge is 0.395 e. The predicted octanol–water partition coefficient (Wildman–Crippen LogP) is 1.98. The van der Waals surface area contributed by atoms with Crippen molar-refractivity contribution < 1.29 is 18.0 Å². The first-order valence-electron chi connectivity index (χ1n) is 6.95. The van der Waals surface area contributed by atoms with Crippen molar-refractivity contribution in [2.75, 3.05) is 17.7 Å².